The predicted octanol–water partition coefficient (Wildman–Crippen LogP) is 6.13. The van der Waals surface area contributed by atoms with Crippen molar-refractivity contribution < 1.29 is 14.2 Å². The first kappa shape index (κ1) is 18.5. The Morgan fingerprint density at radius 1 is 1.29 bits per heavy atom. The molecule has 0 spiro atoms. The Hall–Kier alpha value is -2.88. The summed E-state index contributed by atoms with van der Waals surface area (Å²) in [5, 5.41) is 1.18. The third kappa shape index (κ3) is 3.59. The topological polar surface area (TPSA) is 43.5 Å². The normalized spacial score (nSPS) is 18.1. The van der Waals surface area contributed by atoms with E-state index in [9.17, 15) is 0 Å². The number of ether oxygens (including phenoxy) is 3. The number of nitrogens with one attached hydrogen (secondary N) is 1. The summed E-state index contributed by atoms with van der Waals surface area (Å²) in [7, 11) is 1.70. The van der Waals surface area contributed by atoms with Gasteiger partial charge in [0.1, 0.15) is 30.3 Å². The number of allylic oxidation sites excluding steroid dienone is 4. The fourth-order valence-corrected chi connectivity index (χ4v) is 4.22. The molecule has 1 aliphatic carbocycles. The molecular formula is C24H26NO3. The second kappa shape index (κ2) is 8.42. The van der Waals surface area contributed by atoms with E-state index in [0.29, 0.717) is 0 Å². The van der Waals surface area contributed by atoms with Gasteiger partial charge in [-0.2, -0.15) is 0 Å². The number of fused-ring (bicyclic) bond motifs is 1. The molecule has 28 heavy (non-hydrogen) atoms. The molecule has 0 fully saturated rings. The number of hydrogen-bond acceptors (Lipinski definition) is 3. The quantitative estimate of drug-likeness (QED) is 0.632. The van der Waals surface area contributed by atoms with E-state index >= 15 is 0 Å². The molecule has 1 aliphatic heterocycles. The summed E-state index contributed by atoms with van der Waals surface area (Å²) in [6, 6.07) is 6.16. The van der Waals surface area contributed by atoms with E-state index in [1.54, 1.807) is 25.9 Å². The van der Waals surface area contributed by atoms with Crippen LogP contribution in [-0.4, -0.2) is 12.1 Å². The van der Waals surface area contributed by atoms with Gasteiger partial charge in [0.15, 0.2) is 0 Å². The van der Waals surface area contributed by atoms with Gasteiger partial charge in [-0.05, 0) is 48.9 Å². The lowest BCUT2D eigenvalue weighted by atomic mass is 9.75. The Labute approximate surface area is 166 Å². The lowest BCUT2D eigenvalue weighted by molar-refractivity contribution is 0.214. The summed E-state index contributed by atoms with van der Waals surface area (Å²) in [4.78, 5) is 3.42. The molecule has 2 unspecified atom stereocenters. The lowest BCUT2D eigenvalue weighted by Gasteiger charge is -2.31. The van der Waals surface area contributed by atoms with Crippen molar-refractivity contribution in [2.24, 2.45) is 5.92 Å². The monoisotopic (exact) mass is 376 g/mol. The van der Waals surface area contributed by atoms with E-state index in [-0.39, 0.29) is 11.8 Å². The highest BCUT2D eigenvalue weighted by Crippen LogP contribution is 2.44. The van der Waals surface area contributed by atoms with Gasteiger partial charge in [-0.3, -0.25) is 0 Å². The Morgan fingerprint density at radius 2 is 2.21 bits per heavy atom. The molecule has 2 aliphatic rings. The Morgan fingerprint density at radius 3 is 2.93 bits per heavy atom. The molecule has 0 amide bonds. The van der Waals surface area contributed by atoms with Crippen LogP contribution < -0.4 is 4.74 Å². The van der Waals surface area contributed by atoms with Gasteiger partial charge in [0, 0.05) is 23.0 Å². The van der Waals surface area contributed by atoms with E-state index in [4.69, 9.17) is 14.2 Å². The van der Waals surface area contributed by atoms with Crippen molar-refractivity contribution in [1.29, 1.82) is 0 Å². The van der Waals surface area contributed by atoms with Crippen LogP contribution in [-0.2, 0) is 9.47 Å². The van der Waals surface area contributed by atoms with Crippen molar-refractivity contribution in [3.05, 3.63) is 85.2 Å². The van der Waals surface area contributed by atoms with E-state index in [1.165, 1.54) is 16.5 Å². The first-order valence-corrected chi connectivity index (χ1v) is 9.79. The Kier molecular flexibility index (Phi) is 5.56. The zero-order valence-electron chi connectivity index (χ0n) is 16.2. The molecule has 2 heterocycles. The van der Waals surface area contributed by atoms with Gasteiger partial charge >= 0.3 is 0 Å². The first-order valence-electron chi connectivity index (χ1n) is 9.79. The SMILES string of the molecule is [CH2]CCC(c1c[nH]c2ccc(OC)cc12)C(C1=CC=CCC1)C1=COC=CO1. The smallest absolute Gasteiger partial charge is 0.146 e. The van der Waals surface area contributed by atoms with Crippen LogP contribution in [0.1, 0.15) is 37.2 Å². The highest BCUT2D eigenvalue weighted by molar-refractivity contribution is 5.85. The maximum atomic E-state index is 5.91. The molecule has 2 atom stereocenters. The average molecular weight is 376 g/mol. The second-order valence-corrected chi connectivity index (χ2v) is 7.14. The fraction of sp³-hybridized carbons (Fsp3) is 0.292. The Balaban J connectivity index is 1.82. The minimum absolute atomic E-state index is 0.0989. The van der Waals surface area contributed by atoms with Crippen LogP contribution in [0.3, 0.4) is 0 Å². The van der Waals surface area contributed by atoms with Crippen molar-refractivity contribution in [2.75, 3.05) is 7.11 Å². The standard InChI is InChI=1S/C24H26NO3/c1-3-7-19(21-15-25-22-11-10-18(26-2)14-20(21)22)24(17-8-5-4-6-9-17)23-16-27-12-13-28-23/h4-5,8,10-16,19,24-25H,1,3,6-7,9H2,2H3. The molecule has 4 rings (SSSR count). The van der Waals surface area contributed by atoms with Crippen LogP contribution in [0.5, 0.6) is 5.75 Å². The van der Waals surface area contributed by atoms with Gasteiger partial charge in [0.2, 0.25) is 0 Å². The van der Waals surface area contributed by atoms with Gasteiger partial charge in [0.25, 0.3) is 0 Å². The van der Waals surface area contributed by atoms with E-state index < -0.39 is 0 Å². The lowest BCUT2D eigenvalue weighted by Crippen LogP contribution is -2.20. The highest BCUT2D eigenvalue weighted by atomic mass is 16.5. The molecule has 0 saturated heterocycles. The molecule has 1 N–H and O–H groups in total. The van der Waals surface area contributed by atoms with E-state index in [1.807, 2.05) is 6.07 Å². The summed E-state index contributed by atoms with van der Waals surface area (Å²) in [5.41, 5.74) is 3.73. The molecule has 2 aromatic rings. The summed E-state index contributed by atoms with van der Waals surface area (Å²) < 4.78 is 16.8. The Bertz CT molecular complexity index is 948. The summed E-state index contributed by atoms with van der Waals surface area (Å²) >= 11 is 0. The van der Waals surface area contributed by atoms with Crippen molar-refractivity contribution in [3.63, 3.8) is 0 Å². The molecule has 0 bridgehead atoms. The van der Waals surface area contributed by atoms with Crippen LogP contribution >= 0.6 is 0 Å². The van der Waals surface area contributed by atoms with E-state index in [0.717, 1.165) is 42.7 Å². The number of hydrogen-bond donors (Lipinski definition) is 1. The number of aromatic nitrogens is 1. The largest absolute Gasteiger partial charge is 0.497 e. The number of rotatable bonds is 7. The average Bonchev–Trinajstić information content (AvgIpc) is 3.18. The van der Waals surface area contributed by atoms with Gasteiger partial charge < -0.3 is 19.2 Å². The van der Waals surface area contributed by atoms with Crippen LogP contribution in [0, 0.1) is 12.8 Å². The first-order chi connectivity index (χ1) is 13.8. The molecule has 0 saturated carbocycles. The number of aromatic amines is 1. The van der Waals surface area contributed by atoms with E-state index in [2.05, 4.69) is 48.5 Å². The number of methoxy groups -OCH3 is 1. The molecule has 4 nitrogen and oxygen atoms in total. The molecule has 1 radical (unpaired) electrons. The summed E-state index contributed by atoms with van der Waals surface area (Å²) in [6.07, 6.45) is 17.4. The summed E-state index contributed by atoms with van der Waals surface area (Å²) in [6.45, 7) is 4.15. The maximum absolute atomic E-state index is 5.91. The zero-order chi connectivity index (χ0) is 19.3. The van der Waals surface area contributed by atoms with Crippen molar-refractivity contribution in [2.45, 2.75) is 31.6 Å². The fourth-order valence-electron chi connectivity index (χ4n) is 4.22. The molecular weight excluding hydrogens is 350 g/mol. The van der Waals surface area contributed by atoms with Gasteiger partial charge in [-0.15, -0.1) is 0 Å². The zero-order valence-corrected chi connectivity index (χ0v) is 16.2. The molecule has 1 aromatic heterocycles. The summed E-state index contributed by atoms with van der Waals surface area (Å²) in [5.74, 6) is 2.02. The van der Waals surface area contributed by atoms with Crippen molar-refractivity contribution >= 4 is 10.9 Å². The minimum atomic E-state index is 0.0989. The van der Waals surface area contributed by atoms with Crippen LogP contribution in [0.4, 0.5) is 0 Å². The number of H-pyrrole nitrogens is 1. The highest BCUT2D eigenvalue weighted by Gasteiger charge is 2.33. The molecule has 4 heteroatoms. The van der Waals surface area contributed by atoms with Gasteiger partial charge in [0.05, 0.1) is 7.11 Å². The molecule has 1 aromatic carbocycles. The van der Waals surface area contributed by atoms with Crippen molar-refractivity contribution in [3.8, 4) is 5.75 Å². The molecule has 145 valence electrons. The van der Waals surface area contributed by atoms with Gasteiger partial charge in [-0.25, -0.2) is 0 Å². The minimum Gasteiger partial charge on any atom is -0.497 e. The second-order valence-electron chi connectivity index (χ2n) is 7.14. The van der Waals surface area contributed by atoms with Crippen molar-refractivity contribution in [1.82, 2.24) is 4.98 Å². The number of benzene rings is 1. The maximum Gasteiger partial charge on any atom is 0.146 e. The predicted molar refractivity (Wildman–Crippen MR) is 112 cm³/mol. The third-order valence-corrected chi connectivity index (χ3v) is 5.51. The van der Waals surface area contributed by atoms with Crippen LogP contribution in [0.15, 0.2) is 72.7 Å². The van der Waals surface area contributed by atoms with Gasteiger partial charge in [-0.1, -0.05) is 37.1 Å². The third-order valence-electron chi connectivity index (χ3n) is 5.51. The van der Waals surface area contributed by atoms with Crippen LogP contribution in [0.25, 0.3) is 10.9 Å². The van der Waals surface area contributed by atoms with Crippen LogP contribution in [0.2, 0.25) is 0 Å².